The minimum Gasteiger partial charge on any atom is -0.451 e. The molecule has 1 amide bonds. The van der Waals surface area contributed by atoms with Crippen molar-refractivity contribution in [2.45, 2.75) is 25.9 Å². The highest BCUT2D eigenvalue weighted by Crippen LogP contribution is 2.31. The zero-order chi connectivity index (χ0) is 20.8. The summed E-state index contributed by atoms with van der Waals surface area (Å²) < 4.78 is 30.9. The van der Waals surface area contributed by atoms with Crippen LogP contribution in [0, 0.1) is 6.92 Å². The molecule has 1 aliphatic heterocycles. The Morgan fingerprint density at radius 2 is 1.97 bits per heavy atom. The Labute approximate surface area is 182 Å². The molecule has 0 radical (unpaired) electrons. The zero-order valence-electron chi connectivity index (χ0n) is 15.7. The number of hydrogen-bond donors (Lipinski definition) is 0. The van der Waals surface area contributed by atoms with Crippen LogP contribution in [0.2, 0.25) is 5.02 Å². The van der Waals surface area contributed by atoms with Gasteiger partial charge in [0.05, 0.1) is 11.5 Å². The molecule has 1 atom stereocenters. The number of benzene rings is 2. The van der Waals surface area contributed by atoms with Crippen molar-refractivity contribution in [3.8, 4) is 0 Å². The van der Waals surface area contributed by atoms with E-state index in [4.69, 9.17) is 16.0 Å². The number of rotatable bonds is 4. The van der Waals surface area contributed by atoms with Crippen LogP contribution >= 0.6 is 27.5 Å². The monoisotopic (exact) mass is 495 g/mol. The molecule has 4 rings (SSSR count). The standard InChI is InChI=1S/C21H19BrClNO4S/c1-13-18-10-15(22)4-7-19(18)28-20(13)21(25)24(17-8-9-29(26,27)12-17)11-14-2-5-16(23)6-3-14/h2-7,10,17H,8-9,11-12H2,1H3. The van der Waals surface area contributed by atoms with Crippen LogP contribution in [0.3, 0.4) is 0 Å². The summed E-state index contributed by atoms with van der Waals surface area (Å²) >= 11 is 9.41. The second kappa shape index (κ2) is 7.78. The van der Waals surface area contributed by atoms with E-state index in [2.05, 4.69) is 15.9 Å². The molecule has 8 heteroatoms. The van der Waals surface area contributed by atoms with Crippen LogP contribution in [-0.2, 0) is 16.4 Å². The third-order valence-electron chi connectivity index (χ3n) is 5.27. The van der Waals surface area contributed by atoms with Crippen molar-refractivity contribution in [2.75, 3.05) is 11.5 Å². The van der Waals surface area contributed by atoms with Gasteiger partial charge in [-0.05, 0) is 49.2 Å². The zero-order valence-corrected chi connectivity index (χ0v) is 18.9. The quantitative estimate of drug-likeness (QED) is 0.510. The minimum atomic E-state index is -3.15. The highest BCUT2D eigenvalue weighted by molar-refractivity contribution is 9.10. The molecule has 0 saturated carbocycles. The van der Waals surface area contributed by atoms with Crippen molar-refractivity contribution in [1.82, 2.24) is 4.90 Å². The lowest BCUT2D eigenvalue weighted by molar-refractivity contribution is 0.0649. The molecular weight excluding hydrogens is 478 g/mol. The first-order chi connectivity index (χ1) is 13.7. The summed E-state index contributed by atoms with van der Waals surface area (Å²) in [5.41, 5.74) is 2.25. The van der Waals surface area contributed by atoms with Crippen molar-refractivity contribution in [1.29, 1.82) is 0 Å². The van der Waals surface area contributed by atoms with E-state index in [0.717, 1.165) is 21.0 Å². The van der Waals surface area contributed by atoms with E-state index >= 15 is 0 Å². The first-order valence-electron chi connectivity index (χ1n) is 9.18. The number of aryl methyl sites for hydroxylation is 1. The molecule has 1 aliphatic rings. The number of fused-ring (bicyclic) bond motifs is 1. The third-order valence-corrected chi connectivity index (χ3v) is 7.76. The van der Waals surface area contributed by atoms with E-state index in [1.165, 1.54) is 0 Å². The summed E-state index contributed by atoms with van der Waals surface area (Å²) in [6, 6.07) is 12.4. The van der Waals surface area contributed by atoms with Gasteiger partial charge in [0.2, 0.25) is 0 Å². The van der Waals surface area contributed by atoms with Gasteiger partial charge in [0.25, 0.3) is 5.91 Å². The SMILES string of the molecule is Cc1c(C(=O)N(Cc2ccc(Cl)cc2)C2CCS(=O)(=O)C2)oc2ccc(Br)cc12. The number of halogens is 2. The lowest BCUT2D eigenvalue weighted by atomic mass is 10.1. The summed E-state index contributed by atoms with van der Waals surface area (Å²) in [6.45, 7) is 2.13. The number of nitrogens with zero attached hydrogens (tertiary/aromatic N) is 1. The van der Waals surface area contributed by atoms with Gasteiger partial charge in [-0.25, -0.2) is 8.42 Å². The molecule has 0 bridgehead atoms. The first kappa shape index (κ1) is 20.4. The Morgan fingerprint density at radius 1 is 1.24 bits per heavy atom. The van der Waals surface area contributed by atoms with Gasteiger partial charge in [-0.1, -0.05) is 39.7 Å². The van der Waals surface area contributed by atoms with Crippen LogP contribution in [-0.4, -0.2) is 36.8 Å². The van der Waals surface area contributed by atoms with Gasteiger partial charge in [0, 0.05) is 33.0 Å². The second-order valence-electron chi connectivity index (χ2n) is 7.31. The summed E-state index contributed by atoms with van der Waals surface area (Å²) in [7, 11) is -3.15. The van der Waals surface area contributed by atoms with Crippen LogP contribution in [0.15, 0.2) is 51.4 Å². The summed E-state index contributed by atoms with van der Waals surface area (Å²) in [5.74, 6) is 0.00823. The van der Waals surface area contributed by atoms with Gasteiger partial charge >= 0.3 is 0 Å². The van der Waals surface area contributed by atoms with E-state index in [1.807, 2.05) is 37.3 Å². The van der Waals surface area contributed by atoms with Crippen LogP contribution in [0.5, 0.6) is 0 Å². The third kappa shape index (κ3) is 4.22. The molecule has 1 saturated heterocycles. The maximum absolute atomic E-state index is 13.5. The van der Waals surface area contributed by atoms with Gasteiger partial charge in [-0.3, -0.25) is 4.79 Å². The van der Waals surface area contributed by atoms with Crippen molar-refractivity contribution in [3.63, 3.8) is 0 Å². The molecule has 2 aromatic carbocycles. The molecule has 0 spiro atoms. The average Bonchev–Trinajstić information content (AvgIpc) is 3.20. The molecule has 0 N–H and O–H groups in total. The number of carbonyl (C=O) groups excluding carboxylic acids is 1. The predicted molar refractivity (Wildman–Crippen MR) is 117 cm³/mol. The van der Waals surface area contributed by atoms with Crippen LogP contribution in [0.1, 0.15) is 28.1 Å². The van der Waals surface area contributed by atoms with Crippen LogP contribution in [0.4, 0.5) is 0 Å². The van der Waals surface area contributed by atoms with Gasteiger partial charge in [0.1, 0.15) is 5.58 Å². The number of carbonyl (C=O) groups is 1. The lowest BCUT2D eigenvalue weighted by Gasteiger charge is -2.28. The Morgan fingerprint density at radius 3 is 2.62 bits per heavy atom. The number of sulfone groups is 1. The minimum absolute atomic E-state index is 0.0306. The maximum atomic E-state index is 13.5. The van der Waals surface area contributed by atoms with E-state index in [1.54, 1.807) is 17.0 Å². The fourth-order valence-corrected chi connectivity index (χ4v) is 5.92. The van der Waals surface area contributed by atoms with E-state index in [9.17, 15) is 13.2 Å². The van der Waals surface area contributed by atoms with Crippen LogP contribution in [0.25, 0.3) is 11.0 Å². The predicted octanol–water partition coefficient (Wildman–Crippen LogP) is 4.99. The van der Waals surface area contributed by atoms with Gasteiger partial charge in [-0.15, -0.1) is 0 Å². The number of furan rings is 1. The fraction of sp³-hybridized carbons (Fsp3) is 0.286. The first-order valence-corrected chi connectivity index (χ1v) is 12.2. The molecule has 1 fully saturated rings. The molecule has 1 unspecified atom stereocenters. The van der Waals surface area contributed by atoms with Crippen molar-refractivity contribution in [3.05, 3.63) is 68.8 Å². The Hall–Kier alpha value is -1.83. The summed E-state index contributed by atoms with van der Waals surface area (Å²) in [5, 5.41) is 1.46. The van der Waals surface area contributed by atoms with Gasteiger partial charge in [0.15, 0.2) is 15.6 Å². The highest BCUT2D eigenvalue weighted by Gasteiger charge is 2.36. The maximum Gasteiger partial charge on any atom is 0.290 e. The molecule has 0 aliphatic carbocycles. The lowest BCUT2D eigenvalue weighted by Crippen LogP contribution is -2.40. The van der Waals surface area contributed by atoms with E-state index < -0.39 is 9.84 Å². The molecule has 29 heavy (non-hydrogen) atoms. The van der Waals surface area contributed by atoms with Crippen LogP contribution < -0.4 is 0 Å². The largest absolute Gasteiger partial charge is 0.451 e. The smallest absolute Gasteiger partial charge is 0.290 e. The number of hydrogen-bond acceptors (Lipinski definition) is 4. The van der Waals surface area contributed by atoms with Crippen molar-refractivity contribution in [2.24, 2.45) is 0 Å². The molecule has 2 heterocycles. The highest BCUT2D eigenvalue weighted by atomic mass is 79.9. The Bertz CT molecular complexity index is 1190. The second-order valence-corrected chi connectivity index (χ2v) is 10.9. The molecule has 5 nitrogen and oxygen atoms in total. The molecular formula is C21H19BrClNO4S. The van der Waals surface area contributed by atoms with E-state index in [0.29, 0.717) is 17.0 Å². The summed E-state index contributed by atoms with van der Waals surface area (Å²) in [6.07, 6.45) is 0.423. The fourth-order valence-electron chi connectivity index (χ4n) is 3.70. The molecule has 3 aromatic rings. The number of amides is 1. The molecule has 152 valence electrons. The van der Waals surface area contributed by atoms with Crippen molar-refractivity contribution < 1.29 is 17.6 Å². The Kier molecular flexibility index (Phi) is 5.48. The average molecular weight is 497 g/mol. The van der Waals surface area contributed by atoms with Crippen molar-refractivity contribution >= 4 is 54.2 Å². The van der Waals surface area contributed by atoms with Gasteiger partial charge < -0.3 is 9.32 Å². The molecule has 1 aromatic heterocycles. The topological polar surface area (TPSA) is 67.6 Å². The summed E-state index contributed by atoms with van der Waals surface area (Å²) in [4.78, 5) is 15.1. The Balaban J connectivity index is 1.73. The van der Waals surface area contributed by atoms with E-state index in [-0.39, 0.29) is 35.8 Å². The normalized spacial score (nSPS) is 18.2. The van der Waals surface area contributed by atoms with Gasteiger partial charge in [-0.2, -0.15) is 0 Å².